The van der Waals surface area contributed by atoms with Crippen LogP contribution in [0, 0.1) is 0 Å². The average molecular weight is 243 g/mol. The third kappa shape index (κ3) is 2.93. The van der Waals surface area contributed by atoms with Crippen LogP contribution in [0.5, 0.6) is 0 Å². The van der Waals surface area contributed by atoms with E-state index < -0.39 is 10.8 Å². The molecule has 1 aromatic heterocycles. The van der Waals surface area contributed by atoms with Crippen LogP contribution in [0.15, 0.2) is 16.5 Å². The first-order chi connectivity index (χ1) is 7.79. The molecule has 1 atom stereocenters. The fourth-order valence-corrected chi connectivity index (χ4v) is 3.20. The molecule has 4 nitrogen and oxygen atoms in total. The van der Waals surface area contributed by atoms with E-state index in [0.717, 1.165) is 37.6 Å². The molecule has 16 heavy (non-hydrogen) atoms. The largest absolute Gasteiger partial charge is 0.464 e. The van der Waals surface area contributed by atoms with Gasteiger partial charge in [-0.15, -0.1) is 0 Å². The summed E-state index contributed by atoms with van der Waals surface area (Å²) in [6, 6.07) is 3.70. The van der Waals surface area contributed by atoms with Gasteiger partial charge in [-0.1, -0.05) is 0 Å². The summed E-state index contributed by atoms with van der Waals surface area (Å²) in [4.78, 5) is 0. The van der Waals surface area contributed by atoms with Gasteiger partial charge in [-0.3, -0.25) is 4.21 Å². The fraction of sp³-hybridized carbons (Fsp3) is 0.636. The molecule has 2 rings (SSSR count). The Balaban J connectivity index is 1.90. The first kappa shape index (κ1) is 11.8. The van der Waals surface area contributed by atoms with Gasteiger partial charge in [-0.05, 0) is 25.0 Å². The first-order valence-electron chi connectivity index (χ1n) is 5.52. The van der Waals surface area contributed by atoms with Crippen molar-refractivity contribution >= 4 is 10.8 Å². The molecule has 0 aliphatic carbocycles. The smallest absolute Gasteiger partial charge is 0.117 e. The van der Waals surface area contributed by atoms with Crippen molar-refractivity contribution in [3.05, 3.63) is 23.7 Å². The fourth-order valence-electron chi connectivity index (χ4n) is 1.81. The summed E-state index contributed by atoms with van der Waals surface area (Å²) in [5.74, 6) is 2.01. The van der Waals surface area contributed by atoms with E-state index in [1.807, 2.05) is 12.1 Å². The van der Waals surface area contributed by atoms with E-state index >= 15 is 0 Å². The highest BCUT2D eigenvalue weighted by Gasteiger charge is 2.21. The van der Waals surface area contributed by atoms with Crippen molar-refractivity contribution in [3.63, 3.8) is 0 Å². The summed E-state index contributed by atoms with van der Waals surface area (Å²) in [5.41, 5.74) is 5.45. The van der Waals surface area contributed by atoms with Crippen LogP contribution < -0.4 is 5.73 Å². The zero-order valence-corrected chi connectivity index (χ0v) is 10.0. The summed E-state index contributed by atoms with van der Waals surface area (Å²) in [7, 11) is -0.861. The van der Waals surface area contributed by atoms with Gasteiger partial charge in [0.15, 0.2) is 0 Å². The van der Waals surface area contributed by atoms with E-state index in [9.17, 15) is 4.21 Å². The summed E-state index contributed by atoms with van der Waals surface area (Å²) in [6.07, 6.45) is 1.77. The second kappa shape index (κ2) is 5.61. The van der Waals surface area contributed by atoms with Gasteiger partial charge in [0.2, 0.25) is 0 Å². The lowest BCUT2D eigenvalue weighted by atomic mass is 10.2. The monoisotopic (exact) mass is 243 g/mol. The van der Waals surface area contributed by atoms with Crippen LogP contribution in [0.2, 0.25) is 0 Å². The minimum Gasteiger partial charge on any atom is -0.464 e. The van der Waals surface area contributed by atoms with Crippen LogP contribution >= 0.6 is 0 Å². The molecule has 1 aliphatic heterocycles. The molecule has 2 N–H and O–H groups in total. The number of nitrogens with two attached hydrogens (primary N) is 1. The molecule has 1 fully saturated rings. The maximum absolute atomic E-state index is 12.0. The van der Waals surface area contributed by atoms with Crippen molar-refractivity contribution in [2.24, 2.45) is 5.73 Å². The zero-order valence-electron chi connectivity index (χ0n) is 9.19. The molecule has 1 unspecified atom stereocenters. The Bertz CT molecular complexity index is 358. The zero-order chi connectivity index (χ0) is 11.4. The van der Waals surface area contributed by atoms with Gasteiger partial charge in [0, 0.05) is 29.3 Å². The maximum Gasteiger partial charge on any atom is 0.117 e. The van der Waals surface area contributed by atoms with Gasteiger partial charge in [-0.25, -0.2) is 0 Å². The molecule has 2 heterocycles. The Kier molecular flexibility index (Phi) is 4.15. The van der Waals surface area contributed by atoms with Crippen molar-refractivity contribution in [2.45, 2.75) is 30.4 Å². The minimum absolute atomic E-state index is 0.250. The molecular weight excluding hydrogens is 226 g/mol. The summed E-state index contributed by atoms with van der Waals surface area (Å²) < 4.78 is 22.7. The van der Waals surface area contributed by atoms with Crippen molar-refractivity contribution in [1.82, 2.24) is 0 Å². The molecule has 5 heteroatoms. The Hall–Kier alpha value is -0.650. The molecule has 0 spiro atoms. The van der Waals surface area contributed by atoms with E-state index in [1.54, 1.807) is 0 Å². The number of ether oxygens (including phenoxy) is 1. The summed E-state index contributed by atoms with van der Waals surface area (Å²) in [6.45, 7) is 1.84. The molecule has 90 valence electrons. The molecule has 0 aromatic carbocycles. The first-order valence-corrected chi connectivity index (χ1v) is 6.90. The van der Waals surface area contributed by atoms with Crippen LogP contribution in [0.3, 0.4) is 0 Å². The predicted molar refractivity (Wildman–Crippen MR) is 62.3 cm³/mol. The average Bonchev–Trinajstić information content (AvgIpc) is 2.78. The quantitative estimate of drug-likeness (QED) is 0.862. The van der Waals surface area contributed by atoms with Gasteiger partial charge in [0.1, 0.15) is 11.5 Å². The Morgan fingerprint density at radius 1 is 1.31 bits per heavy atom. The molecule has 1 aromatic rings. The predicted octanol–water partition coefficient (Wildman–Crippen LogP) is 1.17. The van der Waals surface area contributed by atoms with Crippen LogP contribution in [0.1, 0.15) is 24.4 Å². The number of rotatable bonds is 4. The normalized spacial score (nSPS) is 19.8. The standard InChI is InChI=1S/C11H17NO3S/c12-7-9-1-2-10(15-9)8-16(13)11-3-5-14-6-4-11/h1-2,11H,3-8,12H2. The minimum atomic E-state index is -0.861. The van der Waals surface area contributed by atoms with Crippen LogP contribution in [0.4, 0.5) is 0 Å². The maximum atomic E-state index is 12.0. The van der Waals surface area contributed by atoms with Crippen molar-refractivity contribution in [3.8, 4) is 0 Å². The molecule has 1 aliphatic rings. The highest BCUT2D eigenvalue weighted by atomic mass is 32.2. The molecule has 0 radical (unpaired) electrons. The third-order valence-corrected chi connectivity index (χ3v) is 4.53. The molecule has 0 saturated carbocycles. The second-order valence-corrected chi connectivity index (χ2v) is 5.63. The molecule has 0 bridgehead atoms. The van der Waals surface area contributed by atoms with Crippen LogP contribution in [0.25, 0.3) is 0 Å². The van der Waals surface area contributed by atoms with Gasteiger partial charge >= 0.3 is 0 Å². The van der Waals surface area contributed by atoms with E-state index in [-0.39, 0.29) is 5.25 Å². The van der Waals surface area contributed by atoms with Gasteiger partial charge in [-0.2, -0.15) is 0 Å². The summed E-state index contributed by atoms with van der Waals surface area (Å²) in [5, 5.41) is 0.250. The SMILES string of the molecule is NCc1ccc(CS(=O)C2CCOCC2)o1. The second-order valence-electron chi connectivity index (χ2n) is 3.91. The lowest BCUT2D eigenvalue weighted by Crippen LogP contribution is -2.25. The Labute approximate surface area is 97.6 Å². The van der Waals surface area contributed by atoms with Gasteiger partial charge < -0.3 is 14.9 Å². The van der Waals surface area contributed by atoms with E-state index in [4.69, 9.17) is 14.9 Å². The number of furan rings is 1. The number of hydrogen-bond acceptors (Lipinski definition) is 4. The van der Waals surface area contributed by atoms with Gasteiger partial charge in [0.25, 0.3) is 0 Å². The Morgan fingerprint density at radius 2 is 2.00 bits per heavy atom. The van der Waals surface area contributed by atoms with E-state index in [1.165, 1.54) is 0 Å². The third-order valence-electron chi connectivity index (χ3n) is 2.74. The lowest BCUT2D eigenvalue weighted by molar-refractivity contribution is 0.0991. The Morgan fingerprint density at radius 3 is 2.62 bits per heavy atom. The molecular formula is C11H17NO3S. The van der Waals surface area contributed by atoms with E-state index in [2.05, 4.69) is 0 Å². The van der Waals surface area contributed by atoms with Crippen molar-refractivity contribution in [1.29, 1.82) is 0 Å². The van der Waals surface area contributed by atoms with E-state index in [0.29, 0.717) is 12.3 Å². The highest BCUT2D eigenvalue weighted by Crippen LogP contribution is 2.18. The topological polar surface area (TPSA) is 65.5 Å². The number of hydrogen-bond donors (Lipinski definition) is 1. The highest BCUT2D eigenvalue weighted by molar-refractivity contribution is 7.84. The van der Waals surface area contributed by atoms with Crippen LogP contribution in [-0.4, -0.2) is 22.7 Å². The molecule has 0 amide bonds. The molecule has 1 saturated heterocycles. The van der Waals surface area contributed by atoms with Crippen molar-refractivity contribution in [2.75, 3.05) is 13.2 Å². The van der Waals surface area contributed by atoms with Crippen LogP contribution in [-0.2, 0) is 27.8 Å². The van der Waals surface area contributed by atoms with Gasteiger partial charge in [0.05, 0.1) is 12.3 Å². The lowest BCUT2D eigenvalue weighted by Gasteiger charge is -2.20. The summed E-state index contributed by atoms with van der Waals surface area (Å²) >= 11 is 0. The van der Waals surface area contributed by atoms with Crippen molar-refractivity contribution < 1.29 is 13.4 Å².